The second kappa shape index (κ2) is 21.3. The molecule has 4 aromatic rings. The van der Waals surface area contributed by atoms with Crippen molar-refractivity contribution in [3.63, 3.8) is 0 Å². The monoisotopic (exact) mass is 755 g/mol. The fourth-order valence-electron chi connectivity index (χ4n) is 6.99. The summed E-state index contributed by atoms with van der Waals surface area (Å²) in [6.07, 6.45) is -0.359. The summed E-state index contributed by atoms with van der Waals surface area (Å²) in [4.78, 5) is 14.2. The van der Waals surface area contributed by atoms with E-state index < -0.39 is 8.32 Å². The maximum atomic E-state index is 12.7. The Bertz CT molecular complexity index is 1600. The predicted octanol–water partition coefficient (Wildman–Crippen LogP) is 6.53. The molecule has 0 saturated heterocycles. The molecule has 1 aliphatic rings. The molecule has 5 rings (SSSR count). The van der Waals surface area contributed by atoms with Gasteiger partial charge in [-0.2, -0.15) is 0 Å². The lowest BCUT2D eigenvalue weighted by Crippen LogP contribution is -2.66. The van der Waals surface area contributed by atoms with Gasteiger partial charge in [0.15, 0.2) is 0 Å². The van der Waals surface area contributed by atoms with Crippen molar-refractivity contribution in [2.75, 3.05) is 92.9 Å². The molecule has 0 unspecified atom stereocenters. The Kier molecular flexibility index (Phi) is 16.3. The van der Waals surface area contributed by atoms with Gasteiger partial charge in [-0.3, -0.25) is 0 Å². The number of rotatable bonds is 23. The first kappa shape index (κ1) is 41.3. The Labute approximate surface area is 322 Å². The van der Waals surface area contributed by atoms with Crippen molar-refractivity contribution in [1.82, 2.24) is 4.90 Å². The van der Waals surface area contributed by atoms with Crippen molar-refractivity contribution >= 4 is 24.8 Å². The fraction of sp³-hybridized carbons (Fsp3) is 0.432. The van der Waals surface area contributed by atoms with Gasteiger partial charge in [-0.25, -0.2) is 4.79 Å². The minimum absolute atomic E-state index is 0.0405. The first-order valence-electron chi connectivity index (χ1n) is 19.0. The lowest BCUT2D eigenvalue weighted by molar-refractivity contribution is -0.0136. The van der Waals surface area contributed by atoms with E-state index in [1.54, 1.807) is 11.9 Å². The van der Waals surface area contributed by atoms with Gasteiger partial charge >= 0.3 is 6.09 Å². The lowest BCUT2D eigenvalue weighted by atomic mass is 9.98. The van der Waals surface area contributed by atoms with Gasteiger partial charge in [-0.1, -0.05) is 130 Å². The molecule has 4 aromatic carbocycles. The zero-order chi connectivity index (χ0) is 38.1. The Hall–Kier alpha value is -3.87. The Morgan fingerprint density at radius 3 is 1.39 bits per heavy atom. The maximum Gasteiger partial charge on any atom is 0.409 e. The standard InChI is InChI=1S/C44H57NO8Si/c1-44(2,3)54(36-15-7-5-8-16-36,37-17-9-6-10-18-37)53-34-33-51-32-31-50-30-29-49-28-27-48-26-25-47-24-23-45(4)43(46)52-35-42-40-21-13-11-19-38(40)39-20-12-14-22-41(39)42/h5-22,42H,23-35H2,1-4H3. The molecule has 10 heteroatoms. The summed E-state index contributed by atoms with van der Waals surface area (Å²) in [5.41, 5.74) is 4.81. The van der Waals surface area contributed by atoms with E-state index in [-0.39, 0.29) is 17.0 Å². The van der Waals surface area contributed by atoms with Crippen LogP contribution in [-0.4, -0.2) is 112 Å². The molecule has 0 fully saturated rings. The largest absolute Gasteiger partial charge is 0.448 e. The number of amides is 1. The highest BCUT2D eigenvalue weighted by atomic mass is 28.4. The number of fused-ring (bicyclic) bond motifs is 3. The van der Waals surface area contributed by atoms with Crippen molar-refractivity contribution in [3.05, 3.63) is 120 Å². The van der Waals surface area contributed by atoms with Crippen LogP contribution in [0.1, 0.15) is 37.8 Å². The number of hydrogen-bond donors (Lipinski definition) is 0. The highest BCUT2D eigenvalue weighted by Gasteiger charge is 2.50. The van der Waals surface area contributed by atoms with Gasteiger partial charge in [0.25, 0.3) is 8.32 Å². The summed E-state index contributed by atoms with van der Waals surface area (Å²) >= 11 is 0. The zero-order valence-electron chi connectivity index (χ0n) is 32.4. The smallest absolute Gasteiger partial charge is 0.409 e. The van der Waals surface area contributed by atoms with E-state index in [0.29, 0.717) is 85.8 Å². The number of carbonyl (C=O) groups excluding carboxylic acids is 1. The summed E-state index contributed by atoms with van der Waals surface area (Å²) in [7, 11) is -0.828. The average molecular weight is 756 g/mol. The molecule has 54 heavy (non-hydrogen) atoms. The molecule has 0 bridgehead atoms. The maximum absolute atomic E-state index is 12.7. The first-order chi connectivity index (χ1) is 26.3. The van der Waals surface area contributed by atoms with Gasteiger partial charge < -0.3 is 37.7 Å². The van der Waals surface area contributed by atoms with Crippen molar-refractivity contribution in [2.45, 2.75) is 31.7 Å². The fourth-order valence-corrected chi connectivity index (χ4v) is 11.5. The van der Waals surface area contributed by atoms with Crippen LogP contribution >= 0.6 is 0 Å². The summed E-state index contributed by atoms with van der Waals surface area (Å²) in [6.45, 7) is 12.8. The first-order valence-corrected chi connectivity index (χ1v) is 20.9. The topological polar surface area (TPSA) is 84.9 Å². The molecule has 0 spiro atoms. The Morgan fingerprint density at radius 2 is 0.944 bits per heavy atom. The van der Waals surface area contributed by atoms with Crippen LogP contribution in [0.3, 0.4) is 0 Å². The normalized spacial score (nSPS) is 12.7. The van der Waals surface area contributed by atoms with E-state index in [4.69, 9.17) is 32.8 Å². The van der Waals surface area contributed by atoms with Crippen LogP contribution in [0.2, 0.25) is 5.04 Å². The minimum Gasteiger partial charge on any atom is -0.448 e. The van der Waals surface area contributed by atoms with Gasteiger partial charge in [-0.15, -0.1) is 0 Å². The summed E-state index contributed by atoms with van der Waals surface area (Å²) < 4.78 is 41.0. The number of likely N-dealkylation sites (N-methyl/N-ethyl adjacent to an activating group) is 1. The molecule has 0 aliphatic heterocycles. The number of carbonyl (C=O) groups is 1. The average Bonchev–Trinajstić information content (AvgIpc) is 3.51. The SMILES string of the molecule is CN(CCOCCOCCOCCOCCOCCO[Si](c1ccccc1)(c1ccccc1)C(C)(C)C)C(=O)OCC1c2ccccc2-c2ccccc21. The summed E-state index contributed by atoms with van der Waals surface area (Å²) in [5.74, 6) is 0.0405. The van der Waals surface area contributed by atoms with E-state index in [1.165, 1.54) is 32.6 Å². The molecule has 0 heterocycles. The molecule has 0 aromatic heterocycles. The van der Waals surface area contributed by atoms with Gasteiger partial charge in [0.2, 0.25) is 0 Å². The summed E-state index contributed by atoms with van der Waals surface area (Å²) in [6, 6.07) is 37.9. The van der Waals surface area contributed by atoms with Crippen LogP contribution in [0.25, 0.3) is 11.1 Å². The molecule has 290 valence electrons. The van der Waals surface area contributed by atoms with Crippen LogP contribution < -0.4 is 10.4 Å². The molecular formula is C44H57NO8Si. The molecule has 0 saturated carbocycles. The second-order valence-electron chi connectivity index (χ2n) is 14.3. The molecule has 0 radical (unpaired) electrons. The highest BCUT2D eigenvalue weighted by Crippen LogP contribution is 2.44. The number of hydrogen-bond acceptors (Lipinski definition) is 8. The van der Waals surface area contributed by atoms with Crippen LogP contribution in [0, 0.1) is 0 Å². The molecule has 0 atom stereocenters. The molecule has 1 aliphatic carbocycles. The van der Waals surface area contributed by atoms with Crippen molar-refractivity contribution in [2.24, 2.45) is 0 Å². The Morgan fingerprint density at radius 1 is 0.556 bits per heavy atom. The summed E-state index contributed by atoms with van der Waals surface area (Å²) in [5, 5.41) is 2.46. The predicted molar refractivity (Wildman–Crippen MR) is 215 cm³/mol. The van der Waals surface area contributed by atoms with E-state index in [1.807, 2.05) is 24.3 Å². The highest BCUT2D eigenvalue weighted by molar-refractivity contribution is 6.99. The van der Waals surface area contributed by atoms with E-state index in [9.17, 15) is 4.79 Å². The van der Waals surface area contributed by atoms with Crippen LogP contribution in [0.15, 0.2) is 109 Å². The zero-order valence-corrected chi connectivity index (χ0v) is 33.4. The molecular weight excluding hydrogens is 699 g/mol. The third-order valence-corrected chi connectivity index (χ3v) is 14.7. The molecule has 9 nitrogen and oxygen atoms in total. The van der Waals surface area contributed by atoms with E-state index >= 15 is 0 Å². The van der Waals surface area contributed by atoms with Gasteiger partial charge in [0.05, 0.1) is 72.7 Å². The number of nitrogens with zero attached hydrogens (tertiary/aromatic N) is 1. The lowest BCUT2D eigenvalue weighted by Gasteiger charge is -2.43. The van der Waals surface area contributed by atoms with Crippen LogP contribution in [-0.2, 0) is 32.8 Å². The van der Waals surface area contributed by atoms with Crippen LogP contribution in [0.5, 0.6) is 0 Å². The quantitative estimate of drug-likeness (QED) is 0.0625. The van der Waals surface area contributed by atoms with Gasteiger partial charge in [-0.05, 0) is 37.7 Å². The van der Waals surface area contributed by atoms with Crippen LogP contribution in [0.4, 0.5) is 4.79 Å². The number of benzene rings is 4. The van der Waals surface area contributed by atoms with Gasteiger partial charge in [0, 0.05) is 19.5 Å². The molecule has 0 N–H and O–H groups in total. The van der Waals surface area contributed by atoms with E-state index in [2.05, 4.69) is 106 Å². The number of ether oxygens (including phenoxy) is 6. The van der Waals surface area contributed by atoms with Crippen molar-refractivity contribution < 1.29 is 37.6 Å². The second-order valence-corrected chi connectivity index (χ2v) is 18.6. The minimum atomic E-state index is -2.55. The van der Waals surface area contributed by atoms with E-state index in [0.717, 1.165) is 0 Å². The van der Waals surface area contributed by atoms with Gasteiger partial charge in [0.1, 0.15) is 6.61 Å². The Balaban J connectivity index is 0.840. The third kappa shape index (κ3) is 11.1. The van der Waals surface area contributed by atoms with Crippen molar-refractivity contribution in [3.8, 4) is 11.1 Å². The molecule has 1 amide bonds. The van der Waals surface area contributed by atoms with Crippen molar-refractivity contribution in [1.29, 1.82) is 0 Å². The third-order valence-electron chi connectivity index (χ3n) is 9.67.